The molecule has 0 spiro atoms. The fourth-order valence-corrected chi connectivity index (χ4v) is 3.07. The Bertz CT molecular complexity index is 597. The normalized spacial score (nSPS) is 15.3. The number of rotatable bonds is 3. The van der Waals surface area contributed by atoms with Crippen LogP contribution in [0.1, 0.15) is 47.6 Å². The van der Waals surface area contributed by atoms with Crippen LogP contribution in [0.4, 0.5) is 5.69 Å². The van der Waals surface area contributed by atoms with E-state index in [0.29, 0.717) is 0 Å². The number of fused-ring (bicyclic) bond motifs is 1. The smallest absolute Gasteiger partial charge is 0.106 e. The van der Waals surface area contributed by atoms with Crippen LogP contribution in [-0.2, 0) is 12.8 Å². The second-order valence-electron chi connectivity index (χ2n) is 5.57. The molecule has 1 heterocycles. The molecular weight excluding hydrogens is 234 g/mol. The first-order valence-electron chi connectivity index (χ1n) is 7.09. The van der Waals surface area contributed by atoms with Crippen molar-refractivity contribution in [2.75, 3.05) is 5.32 Å². The van der Waals surface area contributed by atoms with E-state index in [0.717, 1.165) is 11.5 Å². The predicted octanol–water partition coefficient (Wildman–Crippen LogP) is 4.56. The molecule has 0 saturated carbocycles. The first-order valence-corrected chi connectivity index (χ1v) is 7.09. The van der Waals surface area contributed by atoms with Crippen LogP contribution in [0.3, 0.4) is 0 Å². The van der Waals surface area contributed by atoms with Gasteiger partial charge in [-0.1, -0.05) is 6.07 Å². The molecule has 0 fully saturated rings. The standard InChI is InChI=1S/C17H21NO/c1-11-9-17(13(3)19-11)12(2)18-16-8-7-14-5-4-6-15(14)10-16/h7-10,12,18H,4-6H2,1-3H3. The van der Waals surface area contributed by atoms with E-state index in [9.17, 15) is 0 Å². The minimum Gasteiger partial charge on any atom is -0.466 e. The SMILES string of the molecule is Cc1cc(C(C)Nc2ccc3c(c2)CCC3)c(C)o1. The fraction of sp³-hybridized carbons (Fsp3) is 0.412. The van der Waals surface area contributed by atoms with Gasteiger partial charge in [0.2, 0.25) is 0 Å². The first-order chi connectivity index (χ1) is 9.13. The molecule has 0 bridgehead atoms. The minimum absolute atomic E-state index is 0.275. The summed E-state index contributed by atoms with van der Waals surface area (Å²) in [6.07, 6.45) is 3.77. The van der Waals surface area contributed by atoms with Crippen molar-refractivity contribution in [3.8, 4) is 0 Å². The van der Waals surface area contributed by atoms with Gasteiger partial charge in [-0.05, 0) is 69.4 Å². The molecule has 1 aromatic heterocycles. The molecule has 1 unspecified atom stereocenters. The molecule has 3 rings (SSSR count). The number of furan rings is 1. The van der Waals surface area contributed by atoms with Crippen molar-refractivity contribution in [2.45, 2.75) is 46.1 Å². The van der Waals surface area contributed by atoms with Gasteiger partial charge < -0.3 is 9.73 Å². The predicted molar refractivity (Wildman–Crippen MR) is 78.7 cm³/mol. The monoisotopic (exact) mass is 255 g/mol. The van der Waals surface area contributed by atoms with Crippen LogP contribution >= 0.6 is 0 Å². The Hall–Kier alpha value is -1.70. The summed E-state index contributed by atoms with van der Waals surface area (Å²) in [6, 6.07) is 9.17. The molecule has 2 heteroatoms. The second-order valence-corrected chi connectivity index (χ2v) is 5.57. The summed E-state index contributed by atoms with van der Waals surface area (Å²) >= 11 is 0. The number of hydrogen-bond acceptors (Lipinski definition) is 2. The van der Waals surface area contributed by atoms with Crippen LogP contribution in [0, 0.1) is 13.8 Å². The Labute approximate surface area is 114 Å². The van der Waals surface area contributed by atoms with Crippen LogP contribution < -0.4 is 5.32 Å². The zero-order valence-electron chi connectivity index (χ0n) is 11.9. The Morgan fingerprint density at radius 2 is 1.89 bits per heavy atom. The van der Waals surface area contributed by atoms with Crippen LogP contribution in [-0.4, -0.2) is 0 Å². The van der Waals surface area contributed by atoms with Gasteiger partial charge in [0.15, 0.2) is 0 Å². The van der Waals surface area contributed by atoms with Gasteiger partial charge in [-0.2, -0.15) is 0 Å². The maximum absolute atomic E-state index is 5.61. The summed E-state index contributed by atoms with van der Waals surface area (Å²) in [7, 11) is 0. The average molecular weight is 255 g/mol. The lowest BCUT2D eigenvalue weighted by atomic mass is 10.1. The highest BCUT2D eigenvalue weighted by molar-refractivity contribution is 5.51. The molecule has 2 aromatic rings. The lowest BCUT2D eigenvalue weighted by molar-refractivity contribution is 0.500. The maximum Gasteiger partial charge on any atom is 0.106 e. The maximum atomic E-state index is 5.61. The van der Waals surface area contributed by atoms with E-state index in [1.54, 1.807) is 0 Å². The highest BCUT2D eigenvalue weighted by atomic mass is 16.3. The zero-order valence-corrected chi connectivity index (χ0v) is 11.9. The van der Waals surface area contributed by atoms with Crippen molar-refractivity contribution < 1.29 is 4.42 Å². The number of hydrogen-bond donors (Lipinski definition) is 1. The van der Waals surface area contributed by atoms with E-state index in [4.69, 9.17) is 4.42 Å². The number of aryl methyl sites for hydroxylation is 4. The molecule has 0 radical (unpaired) electrons. The molecular formula is C17H21NO. The summed E-state index contributed by atoms with van der Waals surface area (Å²) in [6.45, 7) is 6.21. The van der Waals surface area contributed by atoms with E-state index in [1.165, 1.54) is 41.6 Å². The Balaban J connectivity index is 1.79. The van der Waals surface area contributed by atoms with E-state index in [-0.39, 0.29) is 6.04 Å². The van der Waals surface area contributed by atoms with Crippen LogP contribution in [0.15, 0.2) is 28.7 Å². The molecule has 0 amide bonds. The minimum atomic E-state index is 0.275. The quantitative estimate of drug-likeness (QED) is 0.869. The van der Waals surface area contributed by atoms with Crippen molar-refractivity contribution in [3.05, 3.63) is 52.5 Å². The van der Waals surface area contributed by atoms with Gasteiger partial charge in [0.25, 0.3) is 0 Å². The van der Waals surface area contributed by atoms with E-state index in [1.807, 2.05) is 13.8 Å². The first kappa shape index (κ1) is 12.3. The summed E-state index contributed by atoms with van der Waals surface area (Å²) in [5.74, 6) is 1.99. The fourth-order valence-electron chi connectivity index (χ4n) is 3.07. The summed E-state index contributed by atoms with van der Waals surface area (Å²) < 4.78 is 5.61. The Morgan fingerprint density at radius 3 is 2.63 bits per heavy atom. The highest BCUT2D eigenvalue weighted by Gasteiger charge is 2.14. The molecule has 1 aromatic carbocycles. The third kappa shape index (κ3) is 2.40. The van der Waals surface area contributed by atoms with Gasteiger partial charge in [-0.25, -0.2) is 0 Å². The van der Waals surface area contributed by atoms with Crippen molar-refractivity contribution in [1.29, 1.82) is 0 Å². The molecule has 2 nitrogen and oxygen atoms in total. The van der Waals surface area contributed by atoms with Crippen molar-refractivity contribution in [2.24, 2.45) is 0 Å². The molecule has 0 saturated heterocycles. The molecule has 1 aliphatic carbocycles. The lowest BCUT2D eigenvalue weighted by Gasteiger charge is -2.15. The summed E-state index contributed by atoms with van der Waals surface area (Å²) in [5.41, 5.74) is 5.50. The molecule has 0 aliphatic heterocycles. The van der Waals surface area contributed by atoms with Gasteiger partial charge in [-0.3, -0.25) is 0 Å². The summed E-state index contributed by atoms with van der Waals surface area (Å²) in [5, 5.41) is 3.58. The molecule has 1 aliphatic rings. The third-order valence-corrected chi connectivity index (χ3v) is 4.03. The van der Waals surface area contributed by atoms with Gasteiger partial charge in [0.05, 0.1) is 6.04 Å². The Morgan fingerprint density at radius 1 is 1.11 bits per heavy atom. The van der Waals surface area contributed by atoms with Crippen LogP contribution in [0.5, 0.6) is 0 Å². The van der Waals surface area contributed by atoms with Gasteiger partial charge in [0.1, 0.15) is 11.5 Å². The van der Waals surface area contributed by atoms with Crippen molar-refractivity contribution in [1.82, 2.24) is 0 Å². The topological polar surface area (TPSA) is 25.2 Å². The van der Waals surface area contributed by atoms with Crippen LogP contribution in [0.25, 0.3) is 0 Å². The molecule has 1 N–H and O–H groups in total. The average Bonchev–Trinajstić information content (AvgIpc) is 2.94. The van der Waals surface area contributed by atoms with Gasteiger partial charge in [0, 0.05) is 11.3 Å². The Kier molecular flexibility index (Phi) is 3.09. The number of anilines is 1. The van der Waals surface area contributed by atoms with Crippen molar-refractivity contribution >= 4 is 5.69 Å². The van der Waals surface area contributed by atoms with Gasteiger partial charge >= 0.3 is 0 Å². The number of nitrogens with one attached hydrogen (secondary N) is 1. The second kappa shape index (κ2) is 4.76. The lowest BCUT2D eigenvalue weighted by Crippen LogP contribution is -2.07. The van der Waals surface area contributed by atoms with Crippen LogP contribution in [0.2, 0.25) is 0 Å². The van der Waals surface area contributed by atoms with Crippen molar-refractivity contribution in [3.63, 3.8) is 0 Å². The zero-order chi connectivity index (χ0) is 13.4. The molecule has 1 atom stereocenters. The third-order valence-electron chi connectivity index (χ3n) is 4.03. The molecule has 19 heavy (non-hydrogen) atoms. The largest absolute Gasteiger partial charge is 0.466 e. The van der Waals surface area contributed by atoms with Gasteiger partial charge in [-0.15, -0.1) is 0 Å². The van der Waals surface area contributed by atoms with E-state index < -0.39 is 0 Å². The number of benzene rings is 1. The summed E-state index contributed by atoms with van der Waals surface area (Å²) in [4.78, 5) is 0. The van der Waals surface area contributed by atoms with E-state index in [2.05, 4.69) is 36.5 Å². The van der Waals surface area contributed by atoms with E-state index >= 15 is 0 Å². The highest BCUT2D eigenvalue weighted by Crippen LogP contribution is 2.28. The molecule has 100 valence electrons.